The lowest BCUT2D eigenvalue weighted by molar-refractivity contribution is -0.929. The Morgan fingerprint density at radius 3 is 0.818 bits per heavy atom. The number of unbranched alkanes of at least 4 members (excludes halogenated alkanes) is 8. The molecule has 0 rings (SSSR count). The van der Waals surface area contributed by atoms with Gasteiger partial charge in [-0.25, -0.2) is 0 Å². The van der Waals surface area contributed by atoms with Gasteiger partial charge in [-0.05, 0) is 51.4 Å². The third-order valence-electron chi connectivity index (χ3n) is 4.94. The highest BCUT2D eigenvalue weighted by Crippen LogP contribution is 2.18. The molecule has 0 unspecified atom stereocenters. The van der Waals surface area contributed by atoms with Crippen LogP contribution in [-0.4, -0.2) is 30.7 Å². The van der Waals surface area contributed by atoms with Crippen molar-refractivity contribution in [3.63, 3.8) is 0 Å². The fourth-order valence-corrected chi connectivity index (χ4v) is 3.46. The molecule has 0 atom stereocenters. The summed E-state index contributed by atoms with van der Waals surface area (Å²) in [6.45, 7) is 15.1. The standard InChI is InChI=1S/C20H44N.FH/c1-5-9-13-17-21(18-14-10-6-2,19-15-11-7-3)20-16-12-8-4;/h5-20H2,1-4H3;1H/q+1;. The second-order valence-corrected chi connectivity index (χ2v) is 7.06. The number of hydrogen-bond donors (Lipinski definition) is 0. The van der Waals surface area contributed by atoms with Crippen LogP contribution in [0.25, 0.3) is 0 Å². The van der Waals surface area contributed by atoms with Crippen LogP contribution in [0.3, 0.4) is 0 Å². The normalized spacial score (nSPS) is 11.5. The molecule has 0 N–H and O–H groups in total. The maximum atomic E-state index is 2.33. The van der Waals surface area contributed by atoms with Crippen LogP contribution >= 0.6 is 0 Å². The number of hydrogen-bond acceptors (Lipinski definition) is 0. The van der Waals surface area contributed by atoms with Crippen LogP contribution in [0.4, 0.5) is 4.70 Å². The minimum absolute atomic E-state index is 0. The first-order chi connectivity index (χ1) is 10.2. The zero-order valence-electron chi connectivity index (χ0n) is 16.2. The summed E-state index contributed by atoms with van der Waals surface area (Å²) in [5.41, 5.74) is 0. The predicted octanol–water partition coefficient (Wildman–Crippen LogP) is 6.72. The van der Waals surface area contributed by atoms with Crippen LogP contribution in [0.2, 0.25) is 0 Å². The first-order valence-corrected chi connectivity index (χ1v) is 10.1. The summed E-state index contributed by atoms with van der Waals surface area (Å²) in [6, 6.07) is 0. The van der Waals surface area contributed by atoms with Gasteiger partial charge in [-0.15, -0.1) is 0 Å². The van der Waals surface area contributed by atoms with Gasteiger partial charge in [0.2, 0.25) is 0 Å². The molecule has 22 heavy (non-hydrogen) atoms. The van der Waals surface area contributed by atoms with E-state index in [1.165, 1.54) is 108 Å². The zero-order valence-corrected chi connectivity index (χ0v) is 16.2. The molecule has 0 fully saturated rings. The quantitative estimate of drug-likeness (QED) is 0.219. The van der Waals surface area contributed by atoms with E-state index in [2.05, 4.69) is 27.7 Å². The minimum atomic E-state index is 0. The Bertz CT molecular complexity index is 160. The minimum Gasteiger partial charge on any atom is -0.324 e. The molecule has 1 nitrogen and oxygen atoms in total. The maximum absolute atomic E-state index is 2.33. The van der Waals surface area contributed by atoms with Crippen molar-refractivity contribution in [2.24, 2.45) is 0 Å². The van der Waals surface area contributed by atoms with E-state index in [0.29, 0.717) is 0 Å². The maximum Gasteiger partial charge on any atom is 0.0786 e. The van der Waals surface area contributed by atoms with Crippen LogP contribution in [0.15, 0.2) is 0 Å². The SMILES string of the molecule is CCCCC[N+](CCCCC)(CCCCC)CCCCC.F. The van der Waals surface area contributed by atoms with Gasteiger partial charge in [-0.1, -0.05) is 53.4 Å². The largest absolute Gasteiger partial charge is 0.324 e. The summed E-state index contributed by atoms with van der Waals surface area (Å²) in [5.74, 6) is 0. The van der Waals surface area contributed by atoms with Crippen molar-refractivity contribution in [2.75, 3.05) is 26.2 Å². The molecule has 0 heterocycles. The van der Waals surface area contributed by atoms with Gasteiger partial charge >= 0.3 is 0 Å². The Hall–Kier alpha value is -0.110. The Labute approximate surface area is 140 Å². The monoisotopic (exact) mass is 318 g/mol. The molecule has 0 saturated carbocycles. The van der Waals surface area contributed by atoms with Crippen LogP contribution in [0, 0.1) is 0 Å². The molecule has 0 saturated heterocycles. The van der Waals surface area contributed by atoms with Gasteiger partial charge in [0.15, 0.2) is 0 Å². The van der Waals surface area contributed by atoms with E-state index in [9.17, 15) is 0 Å². The molecular formula is C20H45FN+. The topological polar surface area (TPSA) is 0 Å². The summed E-state index contributed by atoms with van der Waals surface area (Å²) in [4.78, 5) is 0. The smallest absolute Gasteiger partial charge is 0.0786 e. The van der Waals surface area contributed by atoms with E-state index in [1.54, 1.807) is 0 Å². The van der Waals surface area contributed by atoms with Crippen molar-refractivity contribution in [2.45, 2.75) is 105 Å². The van der Waals surface area contributed by atoms with E-state index in [1.807, 2.05) is 0 Å². The second-order valence-electron chi connectivity index (χ2n) is 7.06. The Morgan fingerprint density at radius 2 is 0.636 bits per heavy atom. The molecule has 0 aliphatic heterocycles. The molecule has 0 aromatic heterocycles. The van der Waals surface area contributed by atoms with E-state index < -0.39 is 0 Å². The molecular weight excluding hydrogens is 273 g/mol. The third-order valence-corrected chi connectivity index (χ3v) is 4.94. The first-order valence-electron chi connectivity index (χ1n) is 10.1. The average Bonchev–Trinajstić information content (AvgIpc) is 2.48. The molecule has 0 aliphatic carbocycles. The van der Waals surface area contributed by atoms with E-state index in [0.717, 1.165) is 0 Å². The number of rotatable bonds is 16. The van der Waals surface area contributed by atoms with Gasteiger partial charge < -0.3 is 4.48 Å². The highest BCUT2D eigenvalue weighted by molar-refractivity contribution is 4.51. The van der Waals surface area contributed by atoms with Crippen molar-refractivity contribution >= 4 is 0 Å². The van der Waals surface area contributed by atoms with Crippen molar-refractivity contribution in [1.82, 2.24) is 0 Å². The second kappa shape index (κ2) is 17.2. The molecule has 0 aromatic carbocycles. The van der Waals surface area contributed by atoms with Gasteiger partial charge in [0, 0.05) is 0 Å². The van der Waals surface area contributed by atoms with Crippen LogP contribution in [-0.2, 0) is 0 Å². The van der Waals surface area contributed by atoms with Crippen LogP contribution in [0.1, 0.15) is 105 Å². The van der Waals surface area contributed by atoms with Gasteiger partial charge in [0.1, 0.15) is 0 Å². The van der Waals surface area contributed by atoms with Gasteiger partial charge in [-0.2, -0.15) is 0 Å². The average molecular weight is 319 g/mol. The highest BCUT2D eigenvalue weighted by Gasteiger charge is 2.25. The van der Waals surface area contributed by atoms with Gasteiger partial charge in [0.25, 0.3) is 0 Å². The fraction of sp³-hybridized carbons (Fsp3) is 1.00. The number of halogens is 1. The summed E-state index contributed by atoms with van der Waals surface area (Å²) >= 11 is 0. The predicted molar refractivity (Wildman–Crippen MR) is 100 cm³/mol. The number of quaternary nitrogens is 1. The van der Waals surface area contributed by atoms with Crippen molar-refractivity contribution < 1.29 is 9.19 Å². The molecule has 0 bridgehead atoms. The molecule has 0 aliphatic rings. The summed E-state index contributed by atoms with van der Waals surface area (Å²) < 4.78 is 1.44. The summed E-state index contributed by atoms with van der Waals surface area (Å²) in [7, 11) is 0. The molecule has 0 aromatic rings. The molecule has 0 radical (unpaired) electrons. The van der Waals surface area contributed by atoms with E-state index in [4.69, 9.17) is 0 Å². The fourth-order valence-electron chi connectivity index (χ4n) is 3.46. The Kier molecular flexibility index (Phi) is 18.9. The molecule has 0 amide bonds. The summed E-state index contributed by atoms with van der Waals surface area (Å²) in [6.07, 6.45) is 16.9. The van der Waals surface area contributed by atoms with Crippen LogP contribution in [0.5, 0.6) is 0 Å². The van der Waals surface area contributed by atoms with E-state index in [-0.39, 0.29) is 4.70 Å². The third kappa shape index (κ3) is 12.4. The van der Waals surface area contributed by atoms with Crippen LogP contribution < -0.4 is 0 Å². The summed E-state index contributed by atoms with van der Waals surface area (Å²) in [5, 5.41) is 0. The van der Waals surface area contributed by atoms with Gasteiger partial charge in [0.05, 0.1) is 26.2 Å². The van der Waals surface area contributed by atoms with Crippen molar-refractivity contribution in [3.8, 4) is 0 Å². The zero-order chi connectivity index (χ0) is 15.8. The first kappa shape index (κ1) is 24.1. The van der Waals surface area contributed by atoms with Crippen molar-refractivity contribution in [1.29, 1.82) is 0 Å². The van der Waals surface area contributed by atoms with E-state index >= 15 is 0 Å². The Morgan fingerprint density at radius 1 is 0.409 bits per heavy atom. The van der Waals surface area contributed by atoms with Gasteiger partial charge in [-0.3, -0.25) is 4.70 Å². The molecule has 2 heteroatoms. The lowest BCUT2D eigenvalue weighted by Gasteiger charge is -2.39. The molecule has 136 valence electrons. The Balaban J connectivity index is 0. The molecule has 0 spiro atoms. The lowest BCUT2D eigenvalue weighted by Crippen LogP contribution is -2.50. The lowest BCUT2D eigenvalue weighted by atomic mass is 10.1. The highest BCUT2D eigenvalue weighted by atomic mass is 19.0. The van der Waals surface area contributed by atoms with Crippen molar-refractivity contribution in [3.05, 3.63) is 0 Å². The number of nitrogens with zero attached hydrogens (tertiary/aromatic N) is 1.